The van der Waals surface area contributed by atoms with Crippen LogP contribution in [0.5, 0.6) is 0 Å². The van der Waals surface area contributed by atoms with Gasteiger partial charge in [0, 0.05) is 19.1 Å². The van der Waals surface area contributed by atoms with Crippen LogP contribution in [0.1, 0.15) is 25.3 Å². The highest BCUT2D eigenvalue weighted by Crippen LogP contribution is 2.32. The summed E-state index contributed by atoms with van der Waals surface area (Å²) in [5.74, 6) is -0.160. The lowest BCUT2D eigenvalue weighted by molar-refractivity contribution is -0.139. The molecule has 1 amide bonds. The number of piperazine rings is 1. The summed E-state index contributed by atoms with van der Waals surface area (Å²) in [5.41, 5.74) is 0.290. The molecule has 2 fully saturated rings. The molecule has 2 heterocycles. The van der Waals surface area contributed by atoms with Crippen LogP contribution in [0.15, 0.2) is 23.1 Å². The van der Waals surface area contributed by atoms with Crippen LogP contribution in [-0.2, 0) is 14.8 Å². The van der Waals surface area contributed by atoms with Crippen molar-refractivity contribution in [3.63, 3.8) is 0 Å². The fraction of sp³-hybridized carbons (Fsp3) is 0.467. The van der Waals surface area contributed by atoms with Crippen molar-refractivity contribution in [1.82, 2.24) is 9.21 Å². The Labute approximate surface area is 140 Å². The second-order valence-corrected chi connectivity index (χ2v) is 8.10. The van der Waals surface area contributed by atoms with Crippen LogP contribution in [0.4, 0.5) is 0 Å². The Morgan fingerprint density at radius 3 is 2.78 bits per heavy atom. The normalized spacial score (nSPS) is 25.3. The Balaban J connectivity index is 1.99. The van der Waals surface area contributed by atoms with E-state index >= 15 is 0 Å². The lowest BCUT2D eigenvalue weighted by atomic mass is 10.1. The van der Waals surface area contributed by atoms with Gasteiger partial charge in [0.1, 0.15) is 10.9 Å². The number of fused-ring (bicyclic) bond motifs is 1. The van der Waals surface area contributed by atoms with Crippen LogP contribution in [0.3, 0.4) is 0 Å². The molecule has 0 aliphatic carbocycles. The molecule has 23 heavy (non-hydrogen) atoms. The number of amides is 1. The minimum Gasteiger partial charge on any atom is -0.337 e. The molecule has 1 aromatic rings. The van der Waals surface area contributed by atoms with Crippen LogP contribution < -0.4 is 0 Å². The summed E-state index contributed by atoms with van der Waals surface area (Å²) in [5, 5.41) is 8.86. The van der Waals surface area contributed by atoms with Gasteiger partial charge in [-0.3, -0.25) is 4.79 Å². The van der Waals surface area contributed by atoms with Crippen LogP contribution in [0.2, 0.25) is 5.02 Å². The first-order valence-corrected chi connectivity index (χ1v) is 9.20. The summed E-state index contributed by atoms with van der Waals surface area (Å²) < 4.78 is 27.1. The summed E-state index contributed by atoms with van der Waals surface area (Å²) in [6, 6.07) is 5.17. The second-order valence-electron chi connectivity index (χ2n) is 5.84. The van der Waals surface area contributed by atoms with Gasteiger partial charge in [-0.15, -0.1) is 0 Å². The van der Waals surface area contributed by atoms with E-state index < -0.39 is 16.1 Å². The quantitative estimate of drug-likeness (QED) is 0.808. The number of carbonyl (C=O) groups is 1. The third-order valence-electron chi connectivity index (χ3n) is 4.49. The third kappa shape index (κ3) is 2.61. The molecule has 2 atom stereocenters. The molecule has 122 valence electrons. The Morgan fingerprint density at radius 1 is 1.39 bits per heavy atom. The molecule has 0 aromatic heterocycles. The van der Waals surface area contributed by atoms with Crippen LogP contribution in [0.25, 0.3) is 0 Å². The molecular weight excluding hydrogens is 338 g/mol. The zero-order valence-electron chi connectivity index (χ0n) is 12.6. The second kappa shape index (κ2) is 5.78. The lowest BCUT2D eigenvalue weighted by Gasteiger charge is -2.40. The van der Waals surface area contributed by atoms with Gasteiger partial charge < -0.3 is 4.90 Å². The summed E-state index contributed by atoms with van der Waals surface area (Å²) >= 11 is 6.05. The monoisotopic (exact) mass is 353 g/mol. The molecule has 0 radical (unpaired) electrons. The van der Waals surface area contributed by atoms with E-state index in [0.29, 0.717) is 12.1 Å². The fourth-order valence-electron chi connectivity index (χ4n) is 3.26. The van der Waals surface area contributed by atoms with Crippen molar-refractivity contribution >= 4 is 27.5 Å². The average molecular weight is 354 g/mol. The van der Waals surface area contributed by atoms with Crippen molar-refractivity contribution in [1.29, 1.82) is 5.26 Å². The molecule has 6 nitrogen and oxygen atoms in total. The zero-order chi connectivity index (χ0) is 16.8. The number of hydrogen-bond donors (Lipinski definition) is 0. The van der Waals surface area contributed by atoms with Crippen LogP contribution in [0, 0.1) is 11.3 Å². The van der Waals surface area contributed by atoms with E-state index in [1.165, 1.54) is 22.5 Å². The highest BCUT2D eigenvalue weighted by atomic mass is 35.5. The third-order valence-corrected chi connectivity index (χ3v) is 6.91. The van der Waals surface area contributed by atoms with E-state index in [4.69, 9.17) is 16.9 Å². The van der Waals surface area contributed by atoms with Gasteiger partial charge in [-0.1, -0.05) is 11.6 Å². The number of rotatable bonds is 2. The van der Waals surface area contributed by atoms with Crippen LogP contribution in [-0.4, -0.2) is 48.7 Å². The van der Waals surface area contributed by atoms with Gasteiger partial charge in [0.15, 0.2) is 0 Å². The predicted molar refractivity (Wildman–Crippen MR) is 84.3 cm³/mol. The van der Waals surface area contributed by atoms with E-state index in [9.17, 15) is 13.2 Å². The molecule has 8 heteroatoms. The molecule has 0 bridgehead atoms. The maximum absolute atomic E-state index is 12.9. The largest absolute Gasteiger partial charge is 0.337 e. The van der Waals surface area contributed by atoms with Crippen molar-refractivity contribution in [3.05, 3.63) is 28.8 Å². The van der Waals surface area contributed by atoms with Gasteiger partial charge in [-0.2, -0.15) is 9.57 Å². The predicted octanol–water partition coefficient (Wildman–Crippen LogP) is 1.60. The number of nitriles is 1. The van der Waals surface area contributed by atoms with Gasteiger partial charge >= 0.3 is 0 Å². The van der Waals surface area contributed by atoms with Crippen molar-refractivity contribution in [2.75, 3.05) is 13.1 Å². The summed E-state index contributed by atoms with van der Waals surface area (Å²) in [4.78, 5) is 14.1. The summed E-state index contributed by atoms with van der Waals surface area (Å²) in [6.07, 6.45) is 1.71. The van der Waals surface area contributed by atoms with Crippen LogP contribution >= 0.6 is 11.6 Å². The first kappa shape index (κ1) is 16.2. The lowest BCUT2D eigenvalue weighted by Crippen LogP contribution is -2.59. The first-order valence-electron chi connectivity index (χ1n) is 7.38. The smallest absolute Gasteiger partial charge is 0.245 e. The van der Waals surface area contributed by atoms with E-state index in [1.807, 2.05) is 6.07 Å². The summed E-state index contributed by atoms with van der Waals surface area (Å²) in [6.45, 7) is 2.58. The molecule has 0 spiro atoms. The molecule has 2 aliphatic heterocycles. The van der Waals surface area contributed by atoms with Crippen molar-refractivity contribution < 1.29 is 13.2 Å². The van der Waals surface area contributed by atoms with E-state index in [-0.39, 0.29) is 28.4 Å². The van der Waals surface area contributed by atoms with Gasteiger partial charge in [0.2, 0.25) is 15.9 Å². The number of halogens is 1. The SMILES string of the molecule is C[C@@H]1C(=O)N2CCC[C@H]2CN1S(=O)(=O)c1ccc(C#N)cc1Cl. The number of benzene rings is 1. The van der Waals surface area contributed by atoms with Gasteiger partial charge in [-0.25, -0.2) is 8.42 Å². The van der Waals surface area contributed by atoms with Gasteiger partial charge in [0.05, 0.1) is 16.7 Å². The molecule has 2 aliphatic rings. The van der Waals surface area contributed by atoms with Gasteiger partial charge in [0.25, 0.3) is 0 Å². The van der Waals surface area contributed by atoms with Crippen molar-refractivity contribution in [2.24, 2.45) is 0 Å². The average Bonchev–Trinajstić information content (AvgIpc) is 2.99. The fourth-order valence-corrected chi connectivity index (χ4v) is 5.40. The Bertz CT molecular complexity index is 803. The van der Waals surface area contributed by atoms with E-state index in [2.05, 4.69) is 0 Å². The van der Waals surface area contributed by atoms with Gasteiger partial charge in [-0.05, 0) is 38.0 Å². The highest BCUT2D eigenvalue weighted by Gasteiger charge is 2.45. The molecule has 0 unspecified atom stereocenters. The molecule has 0 saturated carbocycles. The molecule has 1 aromatic carbocycles. The standard InChI is InChI=1S/C15H16ClN3O3S/c1-10-15(20)18-6-2-3-12(18)9-19(10)23(21,22)14-5-4-11(8-17)7-13(14)16/h4-5,7,10,12H,2-3,6,9H2,1H3/t10-,12+/m1/s1. The zero-order valence-corrected chi connectivity index (χ0v) is 14.1. The Hall–Kier alpha value is -1.62. The number of nitrogens with zero attached hydrogens (tertiary/aromatic N) is 3. The van der Waals surface area contributed by atoms with Crippen molar-refractivity contribution in [2.45, 2.75) is 36.7 Å². The number of carbonyl (C=O) groups excluding carboxylic acids is 1. The number of hydrogen-bond acceptors (Lipinski definition) is 4. The molecular formula is C15H16ClN3O3S. The van der Waals surface area contributed by atoms with Crippen molar-refractivity contribution in [3.8, 4) is 6.07 Å². The number of sulfonamides is 1. The minimum absolute atomic E-state index is 0.00227. The topological polar surface area (TPSA) is 81.5 Å². The highest BCUT2D eigenvalue weighted by molar-refractivity contribution is 7.89. The maximum atomic E-state index is 12.9. The molecule has 3 rings (SSSR count). The van der Waals surface area contributed by atoms with E-state index in [0.717, 1.165) is 12.8 Å². The summed E-state index contributed by atoms with van der Waals surface area (Å²) in [7, 11) is -3.89. The molecule has 0 N–H and O–H groups in total. The Morgan fingerprint density at radius 2 is 2.13 bits per heavy atom. The Kier molecular flexibility index (Phi) is 4.08. The minimum atomic E-state index is -3.89. The molecule has 2 saturated heterocycles. The first-order chi connectivity index (χ1) is 10.9. The maximum Gasteiger partial charge on any atom is 0.245 e. The van der Waals surface area contributed by atoms with E-state index in [1.54, 1.807) is 11.8 Å².